The maximum absolute atomic E-state index is 4.93. The molecule has 0 heterocycles. The van der Waals surface area contributed by atoms with Gasteiger partial charge >= 0.3 is 37.9 Å². The summed E-state index contributed by atoms with van der Waals surface area (Å²) in [7, 11) is 11.0. The second kappa shape index (κ2) is 17.8. The Morgan fingerprint density at radius 1 is 0.714 bits per heavy atom. The Balaban J connectivity index is 0.000000195. The molecule has 0 spiro atoms. The Bertz CT molecular complexity index is 1630. The molecule has 0 N–H and O–H groups in total. The Morgan fingerprint density at radius 2 is 1.26 bits per heavy atom. The van der Waals surface area contributed by atoms with Crippen molar-refractivity contribution in [2.24, 2.45) is 0 Å². The third-order valence-corrected chi connectivity index (χ3v) is 7.11. The van der Waals surface area contributed by atoms with Crippen molar-refractivity contribution in [1.29, 1.82) is 0 Å². The van der Waals surface area contributed by atoms with Gasteiger partial charge in [-0.25, -0.2) is 0 Å². The van der Waals surface area contributed by atoms with Crippen LogP contribution in [0, 0.1) is 6.92 Å². The number of hydrogen-bond donors (Lipinski definition) is 0. The van der Waals surface area contributed by atoms with Crippen molar-refractivity contribution >= 4 is 48.1 Å². The summed E-state index contributed by atoms with van der Waals surface area (Å²) in [6, 6.07) is 41.6. The summed E-state index contributed by atoms with van der Waals surface area (Å²) in [5.74, 6) is 0.584. The van der Waals surface area contributed by atoms with Gasteiger partial charge in [0.2, 0.25) is 0 Å². The first kappa shape index (κ1) is 34.3. The molecule has 0 aromatic heterocycles. The molecule has 42 heavy (non-hydrogen) atoms. The molecule has 0 aliphatic heterocycles. The second-order valence-electron chi connectivity index (χ2n) is 10.5. The summed E-state index contributed by atoms with van der Waals surface area (Å²) >= 11 is -0.826. The van der Waals surface area contributed by atoms with Crippen LogP contribution in [-0.2, 0) is 27.3 Å². The van der Waals surface area contributed by atoms with E-state index in [1.165, 1.54) is 60.5 Å². The van der Waals surface area contributed by atoms with Crippen molar-refractivity contribution < 1.29 is 20.8 Å². The van der Waals surface area contributed by atoms with Crippen molar-refractivity contribution in [2.45, 2.75) is 53.1 Å². The van der Waals surface area contributed by atoms with E-state index >= 15 is 0 Å². The molecule has 0 saturated heterocycles. The fourth-order valence-corrected chi connectivity index (χ4v) is 5.14. The van der Waals surface area contributed by atoms with Gasteiger partial charge in [0.05, 0.1) is 0 Å². The second-order valence-corrected chi connectivity index (χ2v) is 15.3. The predicted molar refractivity (Wildman–Crippen MR) is 187 cm³/mol. The van der Waals surface area contributed by atoms with Gasteiger partial charge in [-0.2, -0.15) is 12.1 Å². The summed E-state index contributed by atoms with van der Waals surface area (Å²) in [5, 5.41) is 5.52. The van der Waals surface area contributed by atoms with Crippen LogP contribution in [0.1, 0.15) is 43.4 Å². The monoisotopic (exact) mass is 684 g/mol. The van der Waals surface area contributed by atoms with E-state index in [2.05, 4.69) is 156 Å². The van der Waals surface area contributed by atoms with Crippen LogP contribution in [0.15, 0.2) is 115 Å². The Hall–Kier alpha value is -2.22. The summed E-state index contributed by atoms with van der Waals surface area (Å²) in [6.45, 7) is 13.2. The molecule has 0 aliphatic carbocycles. The first-order chi connectivity index (χ1) is 20.4. The number of halogens is 2. The molecule has 0 atom stereocenters. The SMILES string of the molecule is CC(C)c1cc2c(-c3ccccc3)cccc2[cH-]1.CCc1ccc(-c2ccccc2)c2cc(C)[cH-]c12.C[Si]C.[Cl][Zr+2][Cl]. The van der Waals surface area contributed by atoms with Crippen LogP contribution in [0.3, 0.4) is 0 Å². The van der Waals surface area contributed by atoms with E-state index in [1.807, 2.05) is 0 Å². The van der Waals surface area contributed by atoms with Crippen molar-refractivity contribution in [3.8, 4) is 22.3 Å². The van der Waals surface area contributed by atoms with Gasteiger partial charge in [0.1, 0.15) is 0 Å². The molecule has 6 aromatic rings. The average Bonchev–Trinajstić information content (AvgIpc) is 3.62. The van der Waals surface area contributed by atoms with Crippen LogP contribution in [0.4, 0.5) is 0 Å². The molecule has 214 valence electrons. The van der Waals surface area contributed by atoms with Crippen LogP contribution in [0.25, 0.3) is 43.8 Å². The Morgan fingerprint density at radius 3 is 1.79 bits per heavy atom. The van der Waals surface area contributed by atoms with Gasteiger partial charge in [-0.1, -0.05) is 131 Å². The normalized spacial score (nSPS) is 10.2. The first-order valence-corrected chi connectivity index (χ1v) is 22.7. The molecule has 0 unspecified atom stereocenters. The maximum atomic E-state index is 4.93. The molecule has 4 heteroatoms. The molecule has 0 fully saturated rings. The molecule has 0 aliphatic rings. The van der Waals surface area contributed by atoms with E-state index < -0.39 is 20.8 Å². The topological polar surface area (TPSA) is 0 Å². The number of hydrogen-bond acceptors (Lipinski definition) is 0. The van der Waals surface area contributed by atoms with Gasteiger partial charge in [-0.15, -0.1) is 68.6 Å². The average molecular weight is 687 g/mol. The molecule has 6 rings (SSSR count). The summed E-state index contributed by atoms with van der Waals surface area (Å²) < 4.78 is 0. The van der Waals surface area contributed by atoms with Crippen molar-refractivity contribution in [2.75, 3.05) is 0 Å². The zero-order valence-corrected chi connectivity index (χ0v) is 30.5. The van der Waals surface area contributed by atoms with Gasteiger partial charge in [-0.05, 0) is 17.0 Å². The van der Waals surface area contributed by atoms with Gasteiger partial charge in [0.15, 0.2) is 0 Å². The van der Waals surface area contributed by atoms with Crippen LogP contribution in [-0.4, -0.2) is 9.52 Å². The number of fused-ring (bicyclic) bond motifs is 2. The summed E-state index contributed by atoms with van der Waals surface area (Å²) in [5.41, 5.74) is 9.49. The van der Waals surface area contributed by atoms with E-state index in [0.29, 0.717) is 5.92 Å². The van der Waals surface area contributed by atoms with Crippen molar-refractivity contribution in [3.63, 3.8) is 0 Å². The van der Waals surface area contributed by atoms with Crippen LogP contribution < -0.4 is 0 Å². The minimum atomic E-state index is -0.826. The van der Waals surface area contributed by atoms with Crippen LogP contribution >= 0.6 is 17.0 Å². The Kier molecular flexibility index (Phi) is 14.5. The molecule has 0 amide bonds. The molecule has 6 aromatic carbocycles. The molecule has 0 nitrogen and oxygen atoms in total. The van der Waals surface area contributed by atoms with Crippen LogP contribution in [0.5, 0.6) is 0 Å². The zero-order chi connectivity index (χ0) is 30.5. The van der Waals surface area contributed by atoms with E-state index in [-0.39, 0.29) is 0 Å². The molecule has 2 radical (unpaired) electrons. The predicted octanol–water partition coefficient (Wildman–Crippen LogP) is 12.6. The summed E-state index contributed by atoms with van der Waals surface area (Å²) in [4.78, 5) is 0. The third kappa shape index (κ3) is 9.14. The molecular weight excluding hydrogens is 647 g/mol. The quantitative estimate of drug-likeness (QED) is 0.128. The molecule has 0 saturated carbocycles. The fraction of sp³-hybridized carbons (Fsp3) is 0.211. The van der Waals surface area contributed by atoms with Gasteiger partial charge in [-0.3, -0.25) is 0 Å². The van der Waals surface area contributed by atoms with E-state index in [4.69, 9.17) is 17.0 Å². The van der Waals surface area contributed by atoms with Gasteiger partial charge < -0.3 is 0 Å². The zero-order valence-electron chi connectivity index (χ0n) is 25.5. The number of benzene rings is 4. The van der Waals surface area contributed by atoms with E-state index in [9.17, 15) is 0 Å². The van der Waals surface area contributed by atoms with Crippen molar-refractivity contribution in [3.05, 3.63) is 132 Å². The third-order valence-electron chi connectivity index (χ3n) is 7.11. The number of rotatable bonds is 4. The minimum absolute atomic E-state index is 0.584. The van der Waals surface area contributed by atoms with Crippen LogP contribution in [0.2, 0.25) is 13.1 Å². The molecule has 0 bridgehead atoms. The number of aryl methyl sites for hydroxylation is 2. The van der Waals surface area contributed by atoms with Gasteiger partial charge in [0.25, 0.3) is 0 Å². The summed E-state index contributed by atoms with van der Waals surface area (Å²) in [6.07, 6.45) is 1.09. The standard InChI is InChI=1S/2C18H17.C2H6Si.2ClH.Zr/c1-13(2)16-11-15-9-6-10-17(18(15)12-16)14-7-4-3-5-8-14;1-3-14-9-10-16(15-7-5-4-6-8-15)18-12-13(2)11-17(14)18;1-3-2;;;/h3-13H,1-2H3;4-12H,3H2,1-2H3;1-2H3;2*1H;/q2*-1;;;;+4/p-2. The fourth-order valence-electron chi connectivity index (χ4n) is 5.14. The van der Waals surface area contributed by atoms with Gasteiger partial charge in [0, 0.05) is 9.52 Å². The van der Waals surface area contributed by atoms with Crippen molar-refractivity contribution in [1.82, 2.24) is 0 Å². The van der Waals surface area contributed by atoms with E-state index in [0.717, 1.165) is 15.9 Å². The first-order valence-electron chi connectivity index (χ1n) is 14.4. The van der Waals surface area contributed by atoms with E-state index in [1.54, 1.807) is 0 Å². The Labute approximate surface area is 274 Å². The molecular formula is C38H40Cl2SiZr.